The number of hydrogen-bond donors (Lipinski definition) is 1. The van der Waals surface area contributed by atoms with Gasteiger partial charge in [-0.15, -0.1) is 0 Å². The van der Waals surface area contributed by atoms with Crippen molar-refractivity contribution in [3.63, 3.8) is 0 Å². The van der Waals surface area contributed by atoms with E-state index in [4.69, 9.17) is 11.6 Å². The van der Waals surface area contributed by atoms with Crippen LogP contribution in [0.15, 0.2) is 30.3 Å². The quantitative estimate of drug-likeness (QED) is 0.457. The number of carbonyl (C=O) groups is 4. The molecular formula is C19H15ClO8. The second-order valence-corrected chi connectivity index (χ2v) is 5.85. The lowest BCUT2D eigenvalue weighted by Crippen LogP contribution is -2.20. The highest BCUT2D eigenvalue weighted by Gasteiger charge is 2.29. The van der Waals surface area contributed by atoms with Gasteiger partial charge in [0.1, 0.15) is 5.75 Å². The number of benzene rings is 2. The average Bonchev–Trinajstić information content (AvgIpc) is 2.72. The highest BCUT2D eigenvalue weighted by atomic mass is 35.5. The molecule has 0 atom stereocenters. The Morgan fingerprint density at radius 1 is 0.786 bits per heavy atom. The third kappa shape index (κ3) is 3.96. The maximum Gasteiger partial charge on any atom is 0.339 e. The average molecular weight is 407 g/mol. The Bertz CT molecular complexity index is 943. The Morgan fingerprint density at radius 3 is 1.75 bits per heavy atom. The van der Waals surface area contributed by atoms with Gasteiger partial charge in [-0.1, -0.05) is 11.6 Å². The maximum atomic E-state index is 12.9. The van der Waals surface area contributed by atoms with Crippen LogP contribution in [-0.4, -0.2) is 50.1 Å². The van der Waals surface area contributed by atoms with Crippen molar-refractivity contribution >= 4 is 35.3 Å². The Balaban J connectivity index is 2.80. The zero-order chi connectivity index (χ0) is 21.0. The van der Waals surface area contributed by atoms with Gasteiger partial charge < -0.3 is 19.3 Å². The normalized spacial score (nSPS) is 10.1. The number of hydrogen-bond acceptors (Lipinski definition) is 8. The fourth-order valence-electron chi connectivity index (χ4n) is 2.48. The van der Waals surface area contributed by atoms with Crippen LogP contribution in [-0.2, 0) is 14.2 Å². The first kappa shape index (κ1) is 20.9. The predicted molar refractivity (Wildman–Crippen MR) is 97.0 cm³/mol. The second kappa shape index (κ2) is 8.53. The van der Waals surface area contributed by atoms with Gasteiger partial charge in [0.25, 0.3) is 0 Å². The van der Waals surface area contributed by atoms with E-state index in [0.717, 1.165) is 33.5 Å². The van der Waals surface area contributed by atoms with E-state index in [1.165, 1.54) is 18.2 Å². The monoisotopic (exact) mass is 406 g/mol. The highest BCUT2D eigenvalue weighted by molar-refractivity contribution is 6.31. The van der Waals surface area contributed by atoms with E-state index in [9.17, 15) is 24.3 Å². The first-order chi connectivity index (χ1) is 13.2. The van der Waals surface area contributed by atoms with Crippen molar-refractivity contribution in [3.8, 4) is 5.75 Å². The van der Waals surface area contributed by atoms with Crippen LogP contribution in [0.25, 0.3) is 0 Å². The SMILES string of the molecule is COC(=O)c1cc(C(=O)c2cc(Cl)ccc2O)cc(C(=O)OC)c1C(=O)OC. The fourth-order valence-corrected chi connectivity index (χ4v) is 2.65. The van der Waals surface area contributed by atoms with E-state index >= 15 is 0 Å². The largest absolute Gasteiger partial charge is 0.507 e. The van der Waals surface area contributed by atoms with Crippen LogP contribution in [0, 0.1) is 0 Å². The van der Waals surface area contributed by atoms with Crippen molar-refractivity contribution in [1.82, 2.24) is 0 Å². The molecular weight excluding hydrogens is 392 g/mol. The summed E-state index contributed by atoms with van der Waals surface area (Å²) in [6.45, 7) is 0. The van der Waals surface area contributed by atoms with Crippen molar-refractivity contribution in [1.29, 1.82) is 0 Å². The Hall–Kier alpha value is -3.39. The molecule has 0 aliphatic heterocycles. The molecule has 1 N–H and O–H groups in total. The van der Waals surface area contributed by atoms with Gasteiger partial charge in [0, 0.05) is 10.6 Å². The van der Waals surface area contributed by atoms with Crippen LogP contribution in [0.5, 0.6) is 5.75 Å². The number of esters is 3. The molecule has 28 heavy (non-hydrogen) atoms. The number of rotatable bonds is 5. The molecule has 2 aromatic carbocycles. The lowest BCUT2D eigenvalue weighted by atomic mass is 9.93. The zero-order valence-corrected chi connectivity index (χ0v) is 15.8. The molecule has 2 aromatic rings. The van der Waals surface area contributed by atoms with Crippen LogP contribution in [0.3, 0.4) is 0 Å². The Kier molecular flexibility index (Phi) is 6.37. The molecule has 0 radical (unpaired) electrons. The summed E-state index contributed by atoms with van der Waals surface area (Å²) in [5, 5.41) is 10.1. The zero-order valence-electron chi connectivity index (χ0n) is 15.1. The van der Waals surface area contributed by atoms with Gasteiger partial charge in [-0.25, -0.2) is 14.4 Å². The number of halogens is 1. The number of ether oxygens (including phenoxy) is 3. The van der Waals surface area contributed by atoms with Crippen molar-refractivity contribution in [2.75, 3.05) is 21.3 Å². The second-order valence-electron chi connectivity index (χ2n) is 5.41. The van der Waals surface area contributed by atoms with Gasteiger partial charge in [-0.3, -0.25) is 4.79 Å². The number of aromatic hydroxyl groups is 1. The van der Waals surface area contributed by atoms with Crippen LogP contribution in [0.1, 0.15) is 47.0 Å². The Labute approximate surface area is 164 Å². The molecule has 0 aliphatic rings. The minimum absolute atomic E-state index is 0.162. The summed E-state index contributed by atoms with van der Waals surface area (Å²) in [5.41, 5.74) is -1.49. The molecule has 0 saturated carbocycles. The molecule has 0 aromatic heterocycles. The van der Waals surface area contributed by atoms with Gasteiger partial charge in [0.15, 0.2) is 5.78 Å². The topological polar surface area (TPSA) is 116 Å². The van der Waals surface area contributed by atoms with Crippen molar-refractivity contribution in [2.45, 2.75) is 0 Å². The van der Waals surface area contributed by atoms with E-state index in [2.05, 4.69) is 14.2 Å². The Morgan fingerprint density at radius 2 is 1.29 bits per heavy atom. The lowest BCUT2D eigenvalue weighted by molar-refractivity contribution is 0.0535. The summed E-state index contributed by atoms with van der Waals surface area (Å²) >= 11 is 5.87. The molecule has 8 nitrogen and oxygen atoms in total. The third-order valence-corrected chi connectivity index (χ3v) is 4.04. The lowest BCUT2D eigenvalue weighted by Gasteiger charge is -2.13. The maximum absolute atomic E-state index is 12.9. The van der Waals surface area contributed by atoms with Gasteiger partial charge >= 0.3 is 17.9 Å². The summed E-state index contributed by atoms with van der Waals surface area (Å²) in [5.74, 6) is -4.05. The minimum Gasteiger partial charge on any atom is -0.507 e. The van der Waals surface area contributed by atoms with Crippen LogP contribution < -0.4 is 0 Å². The molecule has 0 bridgehead atoms. The highest BCUT2D eigenvalue weighted by Crippen LogP contribution is 2.27. The number of ketones is 1. The summed E-state index contributed by atoms with van der Waals surface area (Å²) in [6.07, 6.45) is 0. The molecule has 0 heterocycles. The molecule has 0 unspecified atom stereocenters. The number of phenolic OH excluding ortho intramolecular Hbond substituents is 1. The molecule has 0 amide bonds. The number of methoxy groups -OCH3 is 3. The van der Waals surface area contributed by atoms with Crippen LogP contribution in [0.4, 0.5) is 0 Å². The number of carbonyl (C=O) groups excluding carboxylic acids is 4. The first-order valence-corrected chi connectivity index (χ1v) is 8.09. The predicted octanol–water partition coefficient (Wildman–Crippen LogP) is 2.64. The van der Waals surface area contributed by atoms with Crippen molar-refractivity contribution < 1.29 is 38.5 Å². The molecule has 146 valence electrons. The molecule has 9 heteroatoms. The molecule has 2 rings (SSSR count). The molecule has 0 spiro atoms. The molecule has 0 aliphatic carbocycles. The molecule has 0 saturated heterocycles. The van der Waals surface area contributed by atoms with E-state index in [1.54, 1.807) is 0 Å². The minimum atomic E-state index is -0.995. The van der Waals surface area contributed by atoms with Gasteiger partial charge in [-0.2, -0.15) is 0 Å². The van der Waals surface area contributed by atoms with E-state index in [-0.39, 0.29) is 33.0 Å². The summed E-state index contributed by atoms with van der Waals surface area (Å²) in [7, 11) is 3.20. The van der Waals surface area contributed by atoms with Gasteiger partial charge in [-0.05, 0) is 30.3 Å². The van der Waals surface area contributed by atoms with Crippen LogP contribution in [0.2, 0.25) is 5.02 Å². The van der Waals surface area contributed by atoms with Gasteiger partial charge in [0.05, 0.1) is 43.6 Å². The first-order valence-electron chi connectivity index (χ1n) is 7.71. The van der Waals surface area contributed by atoms with E-state index in [1.807, 2.05) is 0 Å². The van der Waals surface area contributed by atoms with Crippen LogP contribution >= 0.6 is 11.6 Å². The van der Waals surface area contributed by atoms with Crippen molar-refractivity contribution in [3.05, 3.63) is 63.2 Å². The van der Waals surface area contributed by atoms with E-state index < -0.39 is 29.3 Å². The summed E-state index contributed by atoms with van der Waals surface area (Å²) in [4.78, 5) is 49.4. The van der Waals surface area contributed by atoms with Crippen molar-refractivity contribution in [2.24, 2.45) is 0 Å². The van der Waals surface area contributed by atoms with E-state index in [0.29, 0.717) is 0 Å². The smallest absolute Gasteiger partial charge is 0.339 e. The summed E-state index contributed by atoms with van der Waals surface area (Å²) in [6, 6.07) is 5.96. The third-order valence-electron chi connectivity index (χ3n) is 3.80. The number of phenols is 1. The van der Waals surface area contributed by atoms with Gasteiger partial charge in [0.2, 0.25) is 0 Å². The fraction of sp³-hybridized carbons (Fsp3) is 0.158. The standard InChI is InChI=1S/C19H15ClO8/c1-26-17(23)12-6-9(16(22)11-8-10(20)4-5-14(11)21)7-13(18(24)27-2)15(12)19(25)28-3/h4-8,21H,1-3H3. The summed E-state index contributed by atoms with van der Waals surface area (Å²) < 4.78 is 13.9. The molecule has 0 fully saturated rings.